The number of rotatable bonds is 10. The van der Waals surface area contributed by atoms with Crippen molar-refractivity contribution in [2.45, 2.75) is 46.2 Å². The molecular formula is C15H22N6O4. The first kappa shape index (κ1) is 18.6. The van der Waals surface area contributed by atoms with Crippen LogP contribution in [-0.4, -0.2) is 55.1 Å². The van der Waals surface area contributed by atoms with Crippen molar-refractivity contribution in [2.75, 3.05) is 13.2 Å². The monoisotopic (exact) mass is 350 g/mol. The third kappa shape index (κ3) is 5.66. The molecule has 0 aliphatic rings. The Bertz CT molecular complexity index is 638. The molecule has 25 heavy (non-hydrogen) atoms. The highest BCUT2D eigenvalue weighted by atomic mass is 16.5. The predicted molar refractivity (Wildman–Crippen MR) is 85.8 cm³/mol. The first-order chi connectivity index (χ1) is 12.1. The zero-order valence-corrected chi connectivity index (χ0v) is 14.4. The van der Waals surface area contributed by atoms with E-state index in [4.69, 9.17) is 9.47 Å². The smallest absolute Gasteiger partial charge is 0.360 e. The van der Waals surface area contributed by atoms with Crippen molar-refractivity contribution in [1.29, 1.82) is 0 Å². The lowest BCUT2D eigenvalue weighted by Crippen LogP contribution is -2.05. The average Bonchev–Trinajstić information content (AvgIpc) is 3.24. The SMILES string of the molecule is CCOC(=O)c1cn(CCCCCn2cc(C(=O)OCC)nn2)nn1. The number of unbranched alkanes of at least 4 members (excludes halogenated alkanes) is 2. The minimum Gasteiger partial charge on any atom is -0.461 e. The van der Waals surface area contributed by atoms with Crippen LogP contribution in [0.3, 0.4) is 0 Å². The molecule has 2 heterocycles. The second-order valence-electron chi connectivity index (χ2n) is 5.24. The summed E-state index contributed by atoms with van der Waals surface area (Å²) in [5.41, 5.74) is 0.437. The van der Waals surface area contributed by atoms with Gasteiger partial charge >= 0.3 is 11.9 Å². The van der Waals surface area contributed by atoms with Gasteiger partial charge in [-0.05, 0) is 33.1 Å². The topological polar surface area (TPSA) is 114 Å². The summed E-state index contributed by atoms with van der Waals surface area (Å²) in [6.45, 7) is 5.44. The largest absolute Gasteiger partial charge is 0.461 e. The van der Waals surface area contributed by atoms with E-state index in [0.29, 0.717) is 26.3 Å². The fourth-order valence-corrected chi connectivity index (χ4v) is 2.14. The highest BCUT2D eigenvalue weighted by molar-refractivity contribution is 5.87. The Morgan fingerprint density at radius 2 is 1.28 bits per heavy atom. The molecule has 136 valence electrons. The lowest BCUT2D eigenvalue weighted by atomic mass is 10.2. The average molecular weight is 350 g/mol. The quantitative estimate of drug-likeness (QED) is 0.462. The molecule has 0 aliphatic heterocycles. The van der Waals surface area contributed by atoms with Crippen molar-refractivity contribution in [3.63, 3.8) is 0 Å². The molecule has 0 N–H and O–H groups in total. The van der Waals surface area contributed by atoms with Gasteiger partial charge < -0.3 is 9.47 Å². The number of carbonyl (C=O) groups is 2. The van der Waals surface area contributed by atoms with E-state index in [-0.39, 0.29) is 11.4 Å². The Morgan fingerprint density at radius 3 is 1.68 bits per heavy atom. The van der Waals surface area contributed by atoms with Crippen LogP contribution in [0.1, 0.15) is 54.1 Å². The molecule has 2 aromatic rings. The van der Waals surface area contributed by atoms with Crippen molar-refractivity contribution >= 4 is 11.9 Å². The third-order valence-electron chi connectivity index (χ3n) is 3.32. The van der Waals surface area contributed by atoms with Crippen LogP contribution in [-0.2, 0) is 22.6 Å². The second kappa shape index (κ2) is 9.50. The van der Waals surface area contributed by atoms with Crippen LogP contribution in [0.2, 0.25) is 0 Å². The van der Waals surface area contributed by atoms with Gasteiger partial charge in [-0.2, -0.15) is 0 Å². The Hall–Kier alpha value is -2.78. The lowest BCUT2D eigenvalue weighted by Gasteiger charge is -2.01. The molecule has 0 spiro atoms. The molecule has 0 saturated heterocycles. The van der Waals surface area contributed by atoms with Crippen LogP contribution in [0.25, 0.3) is 0 Å². The van der Waals surface area contributed by atoms with Crippen LogP contribution in [0, 0.1) is 0 Å². The summed E-state index contributed by atoms with van der Waals surface area (Å²) in [6.07, 6.45) is 5.86. The van der Waals surface area contributed by atoms with Gasteiger partial charge in [-0.25, -0.2) is 9.59 Å². The third-order valence-corrected chi connectivity index (χ3v) is 3.32. The first-order valence-corrected chi connectivity index (χ1v) is 8.28. The molecule has 0 radical (unpaired) electrons. The van der Waals surface area contributed by atoms with Gasteiger partial charge in [-0.1, -0.05) is 10.4 Å². The van der Waals surface area contributed by atoms with Gasteiger partial charge in [0, 0.05) is 13.1 Å². The number of aryl methyl sites for hydroxylation is 2. The zero-order chi connectivity index (χ0) is 18.1. The predicted octanol–water partition coefficient (Wildman–Crippen LogP) is 1.09. The lowest BCUT2D eigenvalue weighted by molar-refractivity contribution is 0.0510. The molecular weight excluding hydrogens is 328 g/mol. The van der Waals surface area contributed by atoms with Crippen LogP contribution < -0.4 is 0 Å². The van der Waals surface area contributed by atoms with Gasteiger partial charge in [0.15, 0.2) is 11.4 Å². The Morgan fingerprint density at radius 1 is 0.840 bits per heavy atom. The van der Waals surface area contributed by atoms with Crippen LogP contribution >= 0.6 is 0 Å². The number of esters is 2. The number of hydrogen-bond acceptors (Lipinski definition) is 8. The molecule has 0 unspecified atom stereocenters. The number of ether oxygens (including phenoxy) is 2. The normalized spacial score (nSPS) is 10.6. The maximum atomic E-state index is 11.5. The molecule has 0 aromatic carbocycles. The minimum absolute atomic E-state index is 0.218. The van der Waals surface area contributed by atoms with E-state index in [9.17, 15) is 9.59 Å². The summed E-state index contributed by atoms with van der Waals surface area (Å²) in [5, 5.41) is 15.4. The standard InChI is InChI=1S/C15H22N6O4/c1-3-24-14(22)12-10-20(18-16-12)8-6-5-7-9-21-11-13(17-19-21)15(23)25-4-2/h10-11H,3-9H2,1-2H3. The molecule has 2 aromatic heterocycles. The number of nitrogens with zero attached hydrogens (tertiary/aromatic N) is 6. The Labute approximate surface area is 145 Å². The van der Waals surface area contributed by atoms with E-state index >= 15 is 0 Å². The summed E-state index contributed by atoms with van der Waals surface area (Å²) in [6, 6.07) is 0. The molecule has 0 atom stereocenters. The van der Waals surface area contributed by atoms with Gasteiger partial charge in [-0.3, -0.25) is 9.36 Å². The summed E-state index contributed by atoms with van der Waals surface area (Å²) in [5.74, 6) is -0.922. The fraction of sp³-hybridized carbons (Fsp3) is 0.600. The van der Waals surface area contributed by atoms with Gasteiger partial charge in [0.25, 0.3) is 0 Å². The van der Waals surface area contributed by atoms with Crippen molar-refractivity contribution in [3.8, 4) is 0 Å². The van der Waals surface area contributed by atoms with Crippen molar-refractivity contribution in [2.24, 2.45) is 0 Å². The number of hydrogen-bond donors (Lipinski definition) is 0. The molecule has 10 nitrogen and oxygen atoms in total. The Balaban J connectivity index is 1.67. The van der Waals surface area contributed by atoms with Crippen LogP contribution in [0.15, 0.2) is 12.4 Å². The van der Waals surface area contributed by atoms with E-state index in [1.165, 1.54) is 0 Å². The van der Waals surface area contributed by atoms with Crippen molar-refractivity contribution in [1.82, 2.24) is 30.0 Å². The summed E-state index contributed by atoms with van der Waals surface area (Å²) >= 11 is 0. The van der Waals surface area contributed by atoms with Gasteiger partial charge in [0.05, 0.1) is 25.6 Å². The second-order valence-corrected chi connectivity index (χ2v) is 5.24. The van der Waals surface area contributed by atoms with Crippen molar-refractivity contribution in [3.05, 3.63) is 23.8 Å². The zero-order valence-electron chi connectivity index (χ0n) is 14.4. The summed E-state index contributed by atoms with van der Waals surface area (Å²) in [7, 11) is 0. The van der Waals surface area contributed by atoms with Crippen molar-refractivity contribution < 1.29 is 19.1 Å². The van der Waals surface area contributed by atoms with E-state index in [0.717, 1.165) is 19.3 Å². The minimum atomic E-state index is -0.461. The van der Waals surface area contributed by atoms with Gasteiger partial charge in [-0.15, -0.1) is 10.2 Å². The molecule has 0 saturated carbocycles. The molecule has 0 aliphatic carbocycles. The first-order valence-electron chi connectivity index (χ1n) is 8.28. The summed E-state index contributed by atoms with van der Waals surface area (Å²) in [4.78, 5) is 23.0. The highest BCUT2D eigenvalue weighted by Gasteiger charge is 2.12. The van der Waals surface area contributed by atoms with Crippen LogP contribution in [0.4, 0.5) is 0 Å². The van der Waals surface area contributed by atoms with Gasteiger partial charge in [0.2, 0.25) is 0 Å². The number of aromatic nitrogens is 6. The number of carbonyl (C=O) groups excluding carboxylic acids is 2. The van der Waals surface area contributed by atoms with Gasteiger partial charge in [0.1, 0.15) is 0 Å². The summed E-state index contributed by atoms with van der Waals surface area (Å²) < 4.78 is 13.0. The molecule has 2 rings (SSSR count). The van der Waals surface area contributed by atoms with E-state index in [1.807, 2.05) is 0 Å². The van der Waals surface area contributed by atoms with E-state index < -0.39 is 11.9 Å². The van der Waals surface area contributed by atoms with Crippen LogP contribution in [0.5, 0.6) is 0 Å². The van der Waals surface area contributed by atoms with E-state index in [1.54, 1.807) is 35.6 Å². The molecule has 0 amide bonds. The fourth-order valence-electron chi connectivity index (χ4n) is 2.14. The maximum absolute atomic E-state index is 11.5. The molecule has 0 bridgehead atoms. The molecule has 10 heteroatoms. The molecule has 0 fully saturated rings. The Kier molecular flexibility index (Phi) is 7.05. The van der Waals surface area contributed by atoms with E-state index in [2.05, 4.69) is 20.6 Å². The maximum Gasteiger partial charge on any atom is 0.360 e. The highest BCUT2D eigenvalue weighted by Crippen LogP contribution is 2.04.